The first-order valence-corrected chi connectivity index (χ1v) is 10.4. The summed E-state index contributed by atoms with van der Waals surface area (Å²) in [4.78, 5) is 2.76. The molecule has 2 heterocycles. The number of nitrogens with zero attached hydrogens (tertiary/aromatic N) is 1. The first kappa shape index (κ1) is 17.0. The van der Waals surface area contributed by atoms with Crippen molar-refractivity contribution < 1.29 is 14.2 Å². The van der Waals surface area contributed by atoms with Gasteiger partial charge in [-0.15, -0.1) is 0 Å². The summed E-state index contributed by atoms with van der Waals surface area (Å²) in [7, 11) is 1.79. The lowest BCUT2D eigenvalue weighted by molar-refractivity contribution is -0.0664. The van der Waals surface area contributed by atoms with Gasteiger partial charge in [0.15, 0.2) is 6.29 Å². The number of piperidine rings is 1. The quantitative estimate of drug-likeness (QED) is 0.825. The summed E-state index contributed by atoms with van der Waals surface area (Å²) in [5.74, 6) is 1.83. The summed E-state index contributed by atoms with van der Waals surface area (Å²) in [6.07, 6.45) is 9.03. The lowest BCUT2D eigenvalue weighted by Crippen LogP contribution is -2.61. The smallest absolute Gasteiger partial charge is 0.159 e. The molecule has 1 aromatic carbocycles. The average molecular weight is 357 g/mol. The van der Waals surface area contributed by atoms with Gasteiger partial charge in [0.25, 0.3) is 0 Å². The fourth-order valence-corrected chi connectivity index (χ4v) is 6.31. The van der Waals surface area contributed by atoms with Gasteiger partial charge in [-0.1, -0.05) is 18.9 Å². The summed E-state index contributed by atoms with van der Waals surface area (Å²) in [5, 5.41) is 0. The third kappa shape index (κ3) is 2.69. The van der Waals surface area contributed by atoms with Crippen molar-refractivity contribution >= 4 is 0 Å². The molecule has 2 bridgehead atoms. The normalized spacial score (nSPS) is 34.3. The van der Waals surface area contributed by atoms with Crippen LogP contribution < -0.4 is 4.74 Å². The Kier molecular flexibility index (Phi) is 4.46. The molecule has 0 spiro atoms. The Morgan fingerprint density at radius 2 is 2.08 bits per heavy atom. The maximum absolute atomic E-state index is 5.67. The predicted molar refractivity (Wildman–Crippen MR) is 101 cm³/mol. The highest BCUT2D eigenvalue weighted by Gasteiger charge is 2.53. The van der Waals surface area contributed by atoms with Crippen LogP contribution in [0, 0.1) is 5.92 Å². The number of fused-ring (bicyclic) bond motifs is 1. The highest BCUT2D eigenvalue weighted by molar-refractivity contribution is 5.45. The van der Waals surface area contributed by atoms with Gasteiger partial charge in [-0.05, 0) is 61.4 Å². The minimum Gasteiger partial charge on any atom is -0.497 e. The molecule has 2 saturated heterocycles. The third-order valence-corrected chi connectivity index (χ3v) is 7.50. The summed E-state index contributed by atoms with van der Waals surface area (Å²) >= 11 is 0. The molecule has 5 rings (SSSR count). The monoisotopic (exact) mass is 357 g/mol. The van der Waals surface area contributed by atoms with E-state index in [9.17, 15) is 0 Å². The van der Waals surface area contributed by atoms with E-state index in [0.29, 0.717) is 11.5 Å². The predicted octanol–water partition coefficient (Wildman–Crippen LogP) is 3.52. The zero-order valence-electron chi connectivity index (χ0n) is 15.9. The van der Waals surface area contributed by atoms with Crippen molar-refractivity contribution in [3.8, 4) is 5.75 Å². The molecule has 26 heavy (non-hydrogen) atoms. The second-order valence-corrected chi connectivity index (χ2v) is 8.55. The Bertz CT molecular complexity index is 657. The van der Waals surface area contributed by atoms with Gasteiger partial charge in [0.05, 0.1) is 20.3 Å². The SMILES string of the molecule is COc1ccc2c(c1)[C@]13CCCC[C@@H]1[C@H](C2)N(CCC1OCCO1)CC3. The Labute approximate surface area is 156 Å². The summed E-state index contributed by atoms with van der Waals surface area (Å²) in [6.45, 7) is 3.84. The lowest BCUT2D eigenvalue weighted by Gasteiger charge is -2.59. The summed E-state index contributed by atoms with van der Waals surface area (Å²) < 4.78 is 16.9. The van der Waals surface area contributed by atoms with E-state index in [1.54, 1.807) is 18.2 Å². The molecule has 0 amide bonds. The van der Waals surface area contributed by atoms with Crippen molar-refractivity contribution in [2.24, 2.45) is 5.92 Å². The van der Waals surface area contributed by atoms with E-state index in [1.165, 1.54) is 45.1 Å². The zero-order valence-corrected chi connectivity index (χ0v) is 15.9. The molecule has 4 heteroatoms. The van der Waals surface area contributed by atoms with Crippen molar-refractivity contribution in [1.82, 2.24) is 4.90 Å². The Hall–Kier alpha value is -1.10. The Morgan fingerprint density at radius 3 is 2.92 bits per heavy atom. The molecule has 0 unspecified atom stereocenters. The summed E-state index contributed by atoms with van der Waals surface area (Å²) in [6, 6.07) is 7.53. The van der Waals surface area contributed by atoms with Gasteiger partial charge in [-0.2, -0.15) is 0 Å². The third-order valence-electron chi connectivity index (χ3n) is 7.50. The molecule has 3 fully saturated rings. The standard InChI is InChI=1S/C22H31NO3/c1-24-17-6-5-16-14-20-18-4-2-3-8-22(18,19(16)15-17)9-11-23(20)10-7-21-25-12-13-26-21/h5-6,15,18,20-21H,2-4,7-14H2,1H3/t18-,20+,22+/m1/s1. The maximum atomic E-state index is 5.67. The fourth-order valence-electron chi connectivity index (χ4n) is 6.31. The molecule has 0 radical (unpaired) electrons. The fraction of sp³-hybridized carbons (Fsp3) is 0.727. The molecular weight excluding hydrogens is 326 g/mol. The van der Waals surface area contributed by atoms with Crippen LogP contribution in [-0.4, -0.2) is 50.6 Å². The highest BCUT2D eigenvalue weighted by atomic mass is 16.7. The van der Waals surface area contributed by atoms with Gasteiger partial charge in [-0.25, -0.2) is 0 Å². The molecule has 4 nitrogen and oxygen atoms in total. The van der Waals surface area contributed by atoms with Crippen molar-refractivity contribution in [3.05, 3.63) is 29.3 Å². The number of likely N-dealkylation sites (tertiary alicyclic amines) is 1. The highest BCUT2D eigenvalue weighted by Crippen LogP contribution is 2.56. The second-order valence-electron chi connectivity index (χ2n) is 8.55. The van der Waals surface area contributed by atoms with Gasteiger partial charge >= 0.3 is 0 Å². The van der Waals surface area contributed by atoms with Gasteiger partial charge in [0.1, 0.15) is 5.75 Å². The first-order chi connectivity index (χ1) is 12.8. The van der Waals surface area contributed by atoms with E-state index in [4.69, 9.17) is 14.2 Å². The van der Waals surface area contributed by atoms with Crippen molar-refractivity contribution in [3.63, 3.8) is 0 Å². The molecule has 1 saturated carbocycles. The first-order valence-electron chi connectivity index (χ1n) is 10.4. The molecule has 4 aliphatic rings. The van der Waals surface area contributed by atoms with E-state index in [2.05, 4.69) is 23.1 Å². The topological polar surface area (TPSA) is 30.9 Å². The van der Waals surface area contributed by atoms with Crippen molar-refractivity contribution in [2.75, 3.05) is 33.4 Å². The van der Waals surface area contributed by atoms with Crippen LogP contribution in [-0.2, 0) is 21.3 Å². The number of hydrogen-bond acceptors (Lipinski definition) is 4. The minimum atomic E-state index is 0.0215. The molecule has 2 aliphatic heterocycles. The van der Waals surface area contributed by atoms with Gasteiger partial charge in [-0.3, -0.25) is 4.90 Å². The molecule has 3 atom stereocenters. The van der Waals surface area contributed by atoms with E-state index < -0.39 is 0 Å². The number of ether oxygens (including phenoxy) is 3. The minimum absolute atomic E-state index is 0.0215. The lowest BCUT2D eigenvalue weighted by atomic mass is 9.52. The van der Waals surface area contributed by atoms with Crippen LogP contribution in [0.2, 0.25) is 0 Å². The second kappa shape index (κ2) is 6.81. The van der Waals surface area contributed by atoms with Crippen molar-refractivity contribution in [1.29, 1.82) is 0 Å². The summed E-state index contributed by atoms with van der Waals surface area (Å²) in [5.41, 5.74) is 3.56. The van der Waals surface area contributed by atoms with E-state index in [-0.39, 0.29) is 6.29 Å². The Morgan fingerprint density at radius 1 is 1.19 bits per heavy atom. The maximum Gasteiger partial charge on any atom is 0.159 e. The molecule has 2 aliphatic carbocycles. The van der Waals surface area contributed by atoms with Crippen LogP contribution >= 0.6 is 0 Å². The van der Waals surface area contributed by atoms with E-state index >= 15 is 0 Å². The van der Waals surface area contributed by atoms with Crippen LogP contribution in [0.15, 0.2) is 18.2 Å². The van der Waals surface area contributed by atoms with Crippen LogP contribution in [0.3, 0.4) is 0 Å². The number of hydrogen-bond donors (Lipinski definition) is 0. The van der Waals surface area contributed by atoms with E-state index in [1.807, 2.05) is 0 Å². The number of rotatable bonds is 4. The average Bonchev–Trinajstić information content (AvgIpc) is 3.20. The molecule has 0 aromatic heterocycles. The Balaban J connectivity index is 1.43. The zero-order chi connectivity index (χ0) is 17.6. The van der Waals surface area contributed by atoms with E-state index in [0.717, 1.165) is 37.8 Å². The largest absolute Gasteiger partial charge is 0.497 e. The molecule has 1 aromatic rings. The van der Waals surface area contributed by atoms with Crippen LogP contribution in [0.25, 0.3) is 0 Å². The molecular formula is C22H31NO3. The number of benzene rings is 1. The van der Waals surface area contributed by atoms with Gasteiger partial charge in [0, 0.05) is 24.4 Å². The van der Waals surface area contributed by atoms with Gasteiger partial charge < -0.3 is 14.2 Å². The van der Waals surface area contributed by atoms with Gasteiger partial charge in [0.2, 0.25) is 0 Å². The van der Waals surface area contributed by atoms with Crippen LogP contribution in [0.5, 0.6) is 5.75 Å². The van der Waals surface area contributed by atoms with Crippen molar-refractivity contribution in [2.45, 2.75) is 62.7 Å². The van der Waals surface area contributed by atoms with Crippen LogP contribution in [0.1, 0.15) is 49.7 Å². The molecule has 142 valence electrons. The van der Waals surface area contributed by atoms with Crippen LogP contribution in [0.4, 0.5) is 0 Å². The molecule has 0 N–H and O–H groups in total. The number of methoxy groups -OCH3 is 1.